The maximum atomic E-state index is 12.8. The summed E-state index contributed by atoms with van der Waals surface area (Å²) >= 11 is 0. The third-order valence-corrected chi connectivity index (χ3v) is 6.62. The minimum atomic E-state index is -0.312. The molecule has 0 aliphatic heterocycles. The van der Waals surface area contributed by atoms with Crippen molar-refractivity contribution >= 4 is 11.8 Å². The fourth-order valence-corrected chi connectivity index (χ4v) is 4.23. The average Bonchev–Trinajstić information content (AvgIpc) is 2.90. The van der Waals surface area contributed by atoms with Crippen LogP contribution in [0.4, 0.5) is 0 Å². The van der Waals surface area contributed by atoms with Crippen LogP contribution in [0.15, 0.2) is 0 Å². The van der Waals surface area contributed by atoms with Crippen molar-refractivity contribution < 1.29 is 47.4 Å². The van der Waals surface area contributed by atoms with Crippen molar-refractivity contribution in [2.75, 3.05) is 79.0 Å². The molecule has 0 aliphatic rings. The van der Waals surface area contributed by atoms with E-state index in [1.165, 1.54) is 38.5 Å². The van der Waals surface area contributed by atoms with Crippen LogP contribution in [0.5, 0.6) is 0 Å². The van der Waals surface area contributed by atoms with Gasteiger partial charge in [0.15, 0.2) is 0 Å². The molecule has 0 radical (unpaired) electrons. The van der Waals surface area contributed by atoms with Crippen molar-refractivity contribution in [3.63, 3.8) is 0 Å². The first kappa shape index (κ1) is 41.5. The molecule has 0 atom stereocenters. The number of hydrogen-bond acceptors (Lipinski definition) is 6. The number of rotatable bonds is 28. The van der Waals surface area contributed by atoms with E-state index < -0.39 is 0 Å². The van der Waals surface area contributed by atoms with Crippen LogP contribution < -0.4 is 18.9 Å². The molecule has 232 valence electrons. The largest absolute Gasteiger partial charge is 1.00 e. The minimum Gasteiger partial charge on any atom is -0.380 e. The average molecular weight is 566 g/mol. The van der Waals surface area contributed by atoms with Gasteiger partial charge in [0, 0.05) is 44.8 Å². The Hall–Kier alpha value is -0.623. The molecule has 2 amide bonds. The van der Waals surface area contributed by atoms with Crippen molar-refractivity contribution in [2.45, 2.75) is 106 Å². The van der Waals surface area contributed by atoms with Gasteiger partial charge in [-0.3, -0.25) is 9.59 Å². The van der Waals surface area contributed by atoms with Crippen LogP contribution in [0, 0.1) is 5.41 Å². The molecule has 0 saturated carbocycles. The van der Waals surface area contributed by atoms with Gasteiger partial charge in [-0.1, -0.05) is 79.1 Å². The molecule has 0 heterocycles. The van der Waals surface area contributed by atoms with E-state index in [1.807, 2.05) is 37.5 Å². The van der Waals surface area contributed by atoms with Crippen LogP contribution in [-0.2, 0) is 28.5 Å². The van der Waals surface area contributed by atoms with Gasteiger partial charge in [-0.15, -0.1) is 0 Å². The molecule has 0 rings (SSSR count). The van der Waals surface area contributed by atoms with E-state index >= 15 is 0 Å². The molecule has 0 saturated heterocycles. The van der Waals surface area contributed by atoms with Crippen molar-refractivity contribution in [1.29, 1.82) is 0 Å². The quantitative estimate of drug-likeness (QED) is 0.107. The zero-order valence-electron chi connectivity index (χ0n) is 27.4. The van der Waals surface area contributed by atoms with E-state index in [9.17, 15) is 9.59 Å². The summed E-state index contributed by atoms with van der Waals surface area (Å²) in [5.41, 5.74) is -0.312. The summed E-state index contributed by atoms with van der Waals surface area (Å²) in [6, 6.07) is 0. The normalized spacial score (nSPS) is 11.3. The van der Waals surface area contributed by atoms with Crippen LogP contribution in [0.2, 0.25) is 0 Å². The van der Waals surface area contributed by atoms with Gasteiger partial charge in [-0.2, -0.15) is 0 Å². The maximum absolute atomic E-state index is 12.8. The third-order valence-electron chi connectivity index (χ3n) is 6.62. The summed E-state index contributed by atoms with van der Waals surface area (Å²) in [6.45, 7) is 18.3. The van der Waals surface area contributed by atoms with Gasteiger partial charge < -0.3 is 28.7 Å². The van der Waals surface area contributed by atoms with Crippen LogP contribution in [0.25, 0.3) is 0 Å². The SMILES string of the molecule is CCCCCCCN(CCOCC)C(=O)COCC(C)(C)COCC(=O)N(CCCCCCC)CCOCC.[Li+]. The van der Waals surface area contributed by atoms with Gasteiger partial charge in [-0.05, 0) is 26.7 Å². The summed E-state index contributed by atoms with van der Waals surface area (Å²) in [5, 5.41) is 0. The molecule has 0 aromatic heterocycles. The molecule has 0 fully saturated rings. The van der Waals surface area contributed by atoms with Gasteiger partial charge >= 0.3 is 18.9 Å². The Bertz CT molecular complexity index is 546. The number of nitrogens with zero attached hydrogens (tertiary/aromatic N) is 2. The fraction of sp³-hybridized carbons (Fsp3) is 0.935. The smallest absolute Gasteiger partial charge is 0.380 e. The van der Waals surface area contributed by atoms with Crippen LogP contribution >= 0.6 is 0 Å². The molecule has 0 bridgehead atoms. The molecule has 0 N–H and O–H groups in total. The van der Waals surface area contributed by atoms with Crippen LogP contribution in [0.1, 0.15) is 106 Å². The van der Waals surface area contributed by atoms with E-state index in [1.54, 1.807) is 0 Å². The predicted octanol–water partition coefficient (Wildman–Crippen LogP) is 2.72. The molecule has 0 aromatic carbocycles. The van der Waals surface area contributed by atoms with E-state index in [4.69, 9.17) is 18.9 Å². The number of hydrogen-bond donors (Lipinski definition) is 0. The zero-order chi connectivity index (χ0) is 29.2. The van der Waals surface area contributed by atoms with Crippen molar-refractivity contribution in [3.8, 4) is 0 Å². The monoisotopic (exact) mass is 565 g/mol. The second-order valence-electron chi connectivity index (χ2n) is 11.1. The van der Waals surface area contributed by atoms with E-state index in [0.717, 1.165) is 38.8 Å². The Balaban J connectivity index is 0. The summed E-state index contributed by atoms with van der Waals surface area (Å²) in [5.74, 6) is 0.00179. The Labute approximate surface area is 258 Å². The first-order valence-corrected chi connectivity index (χ1v) is 15.7. The van der Waals surface area contributed by atoms with Gasteiger partial charge in [0.1, 0.15) is 13.2 Å². The Kier molecular flexibility index (Phi) is 29.6. The van der Waals surface area contributed by atoms with Crippen LogP contribution in [-0.4, -0.2) is 101 Å². The number of carbonyl (C=O) groups is 2. The minimum absolute atomic E-state index is 0. The number of carbonyl (C=O) groups excluding carboxylic acids is 2. The molecule has 0 spiro atoms. The van der Waals surface area contributed by atoms with Gasteiger partial charge in [0.05, 0.1) is 26.4 Å². The Morgan fingerprint density at radius 3 is 1.27 bits per heavy atom. The third kappa shape index (κ3) is 24.0. The molecule has 8 nitrogen and oxygen atoms in total. The summed E-state index contributed by atoms with van der Waals surface area (Å²) in [6.07, 6.45) is 11.6. The van der Waals surface area contributed by atoms with E-state index in [2.05, 4.69) is 13.8 Å². The van der Waals surface area contributed by atoms with Crippen LogP contribution in [0.3, 0.4) is 0 Å². The molecule has 0 unspecified atom stereocenters. The van der Waals surface area contributed by atoms with Gasteiger partial charge in [0.25, 0.3) is 0 Å². The van der Waals surface area contributed by atoms with Gasteiger partial charge in [-0.25, -0.2) is 0 Å². The standard InChI is InChI=1S/C31H62N2O6.Li/c1-7-11-13-15-17-19-32(21-23-36-9-3)29(34)25-38-27-31(5,6)28-39-26-30(35)33(22-24-37-10-4)20-18-16-14-12-8-2;/h7-28H2,1-6H3;/q;+1. The second kappa shape index (κ2) is 28.5. The molecule has 0 aliphatic carbocycles. The van der Waals surface area contributed by atoms with Crippen molar-refractivity contribution in [1.82, 2.24) is 9.80 Å². The molecule has 9 heteroatoms. The number of unbranched alkanes of at least 4 members (excludes halogenated alkanes) is 8. The number of ether oxygens (including phenoxy) is 4. The van der Waals surface area contributed by atoms with Crippen molar-refractivity contribution in [3.05, 3.63) is 0 Å². The fourth-order valence-electron chi connectivity index (χ4n) is 4.23. The second-order valence-corrected chi connectivity index (χ2v) is 11.1. The summed E-state index contributed by atoms with van der Waals surface area (Å²) in [4.78, 5) is 29.4. The Morgan fingerprint density at radius 1 is 0.550 bits per heavy atom. The van der Waals surface area contributed by atoms with E-state index in [0.29, 0.717) is 52.7 Å². The summed E-state index contributed by atoms with van der Waals surface area (Å²) in [7, 11) is 0. The summed E-state index contributed by atoms with van der Waals surface area (Å²) < 4.78 is 22.6. The Morgan fingerprint density at radius 2 is 0.925 bits per heavy atom. The zero-order valence-corrected chi connectivity index (χ0v) is 27.4. The first-order chi connectivity index (χ1) is 18.8. The van der Waals surface area contributed by atoms with E-state index in [-0.39, 0.29) is 49.3 Å². The molecule has 0 aromatic rings. The topological polar surface area (TPSA) is 77.5 Å². The number of amides is 2. The molecule has 40 heavy (non-hydrogen) atoms. The van der Waals surface area contributed by atoms with Crippen molar-refractivity contribution in [2.24, 2.45) is 5.41 Å². The molecular formula is C31H62LiN2O6+. The maximum Gasteiger partial charge on any atom is 1.00 e. The molecular weight excluding hydrogens is 503 g/mol. The first-order valence-electron chi connectivity index (χ1n) is 15.7. The van der Waals surface area contributed by atoms with Gasteiger partial charge in [0.2, 0.25) is 11.8 Å². The predicted molar refractivity (Wildman–Crippen MR) is 159 cm³/mol.